The van der Waals surface area contributed by atoms with Gasteiger partial charge < -0.3 is 9.13 Å². The minimum Gasteiger partial charge on any atom is -0.309 e. The third-order valence-corrected chi connectivity index (χ3v) is 11.5. The zero-order valence-electron chi connectivity index (χ0n) is 32.3. The molecule has 0 bridgehead atoms. The molecule has 0 aliphatic carbocycles. The standard InChI is InChI=1S/C54H38N4/c1-35-17-28-51-45(31-35)46-32-36(2)18-29-52(46)58(51)43-27-30-53-47(33-43)44-15-9-10-16-50(44)57(53)42-25-23-38(24-26-42)37-19-21-40(22-20-37)49-34-48(39-11-5-3-6-12-39)55-54(56-49)41-13-7-4-8-14-41/h3-34H,1-2H3. The Balaban J connectivity index is 0.956. The first-order chi connectivity index (χ1) is 28.6. The normalized spacial score (nSPS) is 11.6. The molecule has 0 saturated carbocycles. The van der Waals surface area contributed by atoms with Gasteiger partial charge in [-0.05, 0) is 91.7 Å². The monoisotopic (exact) mass is 742 g/mol. The maximum atomic E-state index is 5.03. The highest BCUT2D eigenvalue weighted by Crippen LogP contribution is 2.38. The Morgan fingerprint density at radius 1 is 0.310 bits per heavy atom. The molecule has 274 valence electrons. The van der Waals surface area contributed by atoms with E-state index < -0.39 is 0 Å². The molecule has 0 aliphatic heterocycles. The summed E-state index contributed by atoms with van der Waals surface area (Å²) in [6.45, 7) is 4.35. The maximum absolute atomic E-state index is 5.03. The maximum Gasteiger partial charge on any atom is 0.160 e. The van der Waals surface area contributed by atoms with Crippen molar-refractivity contribution in [3.8, 4) is 56.4 Å². The molecule has 3 heterocycles. The molecule has 0 atom stereocenters. The third kappa shape index (κ3) is 5.69. The quantitative estimate of drug-likeness (QED) is 0.170. The molecular weight excluding hydrogens is 705 g/mol. The number of rotatable bonds is 6. The van der Waals surface area contributed by atoms with Gasteiger partial charge in [0, 0.05) is 49.6 Å². The molecule has 0 saturated heterocycles. The first kappa shape index (κ1) is 33.8. The molecule has 11 rings (SSSR count). The summed E-state index contributed by atoms with van der Waals surface area (Å²) >= 11 is 0. The summed E-state index contributed by atoms with van der Waals surface area (Å²) in [5, 5.41) is 5.05. The zero-order chi connectivity index (χ0) is 38.7. The van der Waals surface area contributed by atoms with Crippen LogP contribution in [0.15, 0.2) is 194 Å². The van der Waals surface area contributed by atoms with Crippen molar-refractivity contribution in [1.82, 2.24) is 19.1 Å². The van der Waals surface area contributed by atoms with Gasteiger partial charge in [0.1, 0.15) is 0 Å². The van der Waals surface area contributed by atoms with Gasteiger partial charge in [0.05, 0.1) is 33.5 Å². The second-order valence-corrected chi connectivity index (χ2v) is 15.2. The van der Waals surface area contributed by atoms with E-state index in [9.17, 15) is 0 Å². The Hall–Kier alpha value is -7.56. The van der Waals surface area contributed by atoms with Crippen LogP contribution in [0.2, 0.25) is 0 Å². The highest BCUT2D eigenvalue weighted by molar-refractivity contribution is 6.12. The Kier molecular flexibility index (Phi) is 7.90. The molecule has 0 aliphatic rings. The minimum absolute atomic E-state index is 0.717. The van der Waals surface area contributed by atoms with Gasteiger partial charge in [-0.2, -0.15) is 0 Å². The minimum atomic E-state index is 0.717. The van der Waals surface area contributed by atoms with Gasteiger partial charge in [0.15, 0.2) is 5.82 Å². The topological polar surface area (TPSA) is 35.6 Å². The van der Waals surface area contributed by atoms with E-state index in [-0.39, 0.29) is 0 Å². The van der Waals surface area contributed by atoms with Crippen molar-refractivity contribution in [1.29, 1.82) is 0 Å². The van der Waals surface area contributed by atoms with Gasteiger partial charge >= 0.3 is 0 Å². The average Bonchev–Trinajstić information content (AvgIpc) is 3.78. The average molecular weight is 743 g/mol. The van der Waals surface area contributed by atoms with Crippen LogP contribution in [0.4, 0.5) is 0 Å². The molecule has 4 heteroatoms. The Morgan fingerprint density at radius 2 is 0.741 bits per heavy atom. The Bertz CT molecular complexity index is 3200. The van der Waals surface area contributed by atoms with Gasteiger partial charge in [-0.1, -0.05) is 139 Å². The second kappa shape index (κ2) is 13.6. The fraction of sp³-hybridized carbons (Fsp3) is 0.0370. The van der Waals surface area contributed by atoms with E-state index in [4.69, 9.17) is 9.97 Å². The predicted octanol–water partition coefficient (Wildman–Crippen LogP) is 14.0. The predicted molar refractivity (Wildman–Crippen MR) is 242 cm³/mol. The van der Waals surface area contributed by atoms with E-state index >= 15 is 0 Å². The molecule has 3 aromatic heterocycles. The SMILES string of the molecule is Cc1ccc2c(c1)c1cc(C)ccc1n2-c1ccc2c(c1)c1ccccc1n2-c1ccc(-c2ccc(-c3cc(-c4ccccc4)nc(-c4ccccc4)n3)cc2)cc1. The number of hydrogen-bond donors (Lipinski definition) is 0. The molecule has 4 nitrogen and oxygen atoms in total. The third-order valence-electron chi connectivity index (χ3n) is 11.5. The second-order valence-electron chi connectivity index (χ2n) is 15.2. The van der Waals surface area contributed by atoms with E-state index in [2.05, 4.69) is 181 Å². The summed E-state index contributed by atoms with van der Waals surface area (Å²) in [6, 6.07) is 69.5. The fourth-order valence-electron chi connectivity index (χ4n) is 8.61. The number of hydrogen-bond acceptors (Lipinski definition) is 2. The molecule has 0 fully saturated rings. The van der Waals surface area contributed by atoms with Gasteiger partial charge in [-0.3, -0.25) is 0 Å². The van der Waals surface area contributed by atoms with E-state index in [1.807, 2.05) is 36.4 Å². The summed E-state index contributed by atoms with van der Waals surface area (Å²) in [5.41, 5.74) is 16.9. The molecule has 11 aromatic rings. The van der Waals surface area contributed by atoms with Crippen molar-refractivity contribution in [3.05, 3.63) is 205 Å². The lowest BCUT2D eigenvalue weighted by atomic mass is 10.0. The fourth-order valence-corrected chi connectivity index (χ4v) is 8.61. The zero-order valence-corrected chi connectivity index (χ0v) is 32.3. The number of aromatic nitrogens is 4. The van der Waals surface area contributed by atoms with Gasteiger partial charge in [0.2, 0.25) is 0 Å². The lowest BCUT2D eigenvalue weighted by Gasteiger charge is -2.12. The number of para-hydroxylation sites is 1. The lowest BCUT2D eigenvalue weighted by molar-refractivity contribution is 1.16. The molecule has 58 heavy (non-hydrogen) atoms. The first-order valence-electron chi connectivity index (χ1n) is 19.8. The van der Waals surface area contributed by atoms with Crippen molar-refractivity contribution >= 4 is 43.6 Å². The summed E-state index contributed by atoms with van der Waals surface area (Å²) in [7, 11) is 0. The van der Waals surface area contributed by atoms with E-state index in [0.717, 1.165) is 56.4 Å². The summed E-state index contributed by atoms with van der Waals surface area (Å²) in [5.74, 6) is 0.717. The molecule has 0 N–H and O–H groups in total. The van der Waals surface area contributed by atoms with Crippen LogP contribution in [-0.4, -0.2) is 19.1 Å². The van der Waals surface area contributed by atoms with Crippen molar-refractivity contribution in [2.75, 3.05) is 0 Å². The van der Waals surface area contributed by atoms with Crippen LogP contribution in [-0.2, 0) is 0 Å². The molecule has 0 unspecified atom stereocenters. The molecular formula is C54H38N4. The van der Waals surface area contributed by atoms with E-state index in [1.165, 1.54) is 54.7 Å². The molecule has 0 radical (unpaired) electrons. The van der Waals surface area contributed by atoms with Crippen LogP contribution in [0.25, 0.3) is 100 Å². The van der Waals surface area contributed by atoms with Crippen LogP contribution >= 0.6 is 0 Å². The van der Waals surface area contributed by atoms with E-state index in [0.29, 0.717) is 0 Å². The first-order valence-corrected chi connectivity index (χ1v) is 19.8. The molecule has 0 amide bonds. The van der Waals surface area contributed by atoms with E-state index in [1.54, 1.807) is 0 Å². The van der Waals surface area contributed by atoms with Crippen molar-refractivity contribution in [2.45, 2.75) is 13.8 Å². The smallest absolute Gasteiger partial charge is 0.160 e. The highest BCUT2D eigenvalue weighted by Gasteiger charge is 2.17. The van der Waals surface area contributed by atoms with Crippen LogP contribution in [0, 0.1) is 13.8 Å². The number of aryl methyl sites for hydroxylation is 2. The van der Waals surface area contributed by atoms with Crippen LogP contribution < -0.4 is 0 Å². The largest absolute Gasteiger partial charge is 0.309 e. The highest BCUT2D eigenvalue weighted by atomic mass is 15.0. The van der Waals surface area contributed by atoms with Crippen molar-refractivity contribution < 1.29 is 0 Å². The van der Waals surface area contributed by atoms with Crippen molar-refractivity contribution in [2.24, 2.45) is 0 Å². The Labute approximate surface area is 337 Å². The summed E-state index contributed by atoms with van der Waals surface area (Å²) < 4.78 is 4.81. The molecule has 0 spiro atoms. The summed E-state index contributed by atoms with van der Waals surface area (Å²) in [4.78, 5) is 9.99. The van der Waals surface area contributed by atoms with Crippen LogP contribution in [0.1, 0.15) is 11.1 Å². The lowest BCUT2D eigenvalue weighted by Crippen LogP contribution is -1.96. The number of nitrogens with zero attached hydrogens (tertiary/aromatic N) is 4. The van der Waals surface area contributed by atoms with Gasteiger partial charge in [0.25, 0.3) is 0 Å². The number of fused-ring (bicyclic) bond motifs is 6. The van der Waals surface area contributed by atoms with Gasteiger partial charge in [-0.25, -0.2) is 9.97 Å². The number of benzene rings is 8. The van der Waals surface area contributed by atoms with Crippen molar-refractivity contribution in [3.63, 3.8) is 0 Å². The van der Waals surface area contributed by atoms with Crippen LogP contribution in [0.5, 0.6) is 0 Å². The molecule has 8 aromatic carbocycles. The summed E-state index contributed by atoms with van der Waals surface area (Å²) in [6.07, 6.45) is 0. The van der Waals surface area contributed by atoms with Crippen LogP contribution in [0.3, 0.4) is 0 Å². The van der Waals surface area contributed by atoms with Gasteiger partial charge in [-0.15, -0.1) is 0 Å². The Morgan fingerprint density at radius 3 is 1.36 bits per heavy atom.